The van der Waals surface area contributed by atoms with Gasteiger partial charge >= 0.3 is 0 Å². The Balaban J connectivity index is 1.01. The second-order valence-electron chi connectivity index (χ2n) is 17.7. The number of carbonyl (C=O) groups excluding carboxylic acids is 3. The van der Waals surface area contributed by atoms with Gasteiger partial charge < -0.3 is 48.9 Å². The van der Waals surface area contributed by atoms with Crippen molar-refractivity contribution in [3.63, 3.8) is 0 Å². The number of pyridine rings is 1. The van der Waals surface area contributed by atoms with E-state index in [9.17, 15) is 24.3 Å². The molecule has 1 aliphatic heterocycles. The molecule has 3 atom stereocenters. The summed E-state index contributed by atoms with van der Waals surface area (Å²) in [5, 5.41) is 17.5. The summed E-state index contributed by atoms with van der Waals surface area (Å²) in [4.78, 5) is 66.0. The van der Waals surface area contributed by atoms with Crippen LogP contribution in [0.3, 0.4) is 0 Å². The summed E-state index contributed by atoms with van der Waals surface area (Å²) in [6.07, 6.45) is 4.35. The number of likely N-dealkylation sites (N-methyl/N-ethyl adjacent to an activating group) is 1. The van der Waals surface area contributed by atoms with Gasteiger partial charge in [-0.2, -0.15) is 0 Å². The largest absolute Gasteiger partial charge is 0.496 e. The van der Waals surface area contributed by atoms with Gasteiger partial charge in [0.15, 0.2) is 0 Å². The lowest BCUT2D eigenvalue weighted by Crippen LogP contribution is -2.58. The van der Waals surface area contributed by atoms with Crippen LogP contribution in [0.15, 0.2) is 57.9 Å². The Labute approximate surface area is 402 Å². The highest BCUT2D eigenvalue weighted by atomic mass is 32.1. The smallest absolute Gasteiger partial charge is 0.259 e. The van der Waals surface area contributed by atoms with Crippen molar-refractivity contribution in [2.75, 3.05) is 74.0 Å². The number of likely N-dealkylation sites (tertiary alicyclic amines) is 1. The fraction of sp³-hybridized carbons (Fsp3) is 0.480. The first-order chi connectivity index (χ1) is 32.5. The molecule has 18 heteroatoms. The first kappa shape index (κ1) is 53.2. The standard InChI is InChI=1S/C50H67N7O10S/c1-11-37-38(26-51-6)48(61)56(8)29-39(37)35-22-42(63-9)40(43(23-35)64-10)28-55(7)16-17-65-18-19-66-20-21-67-30-44(59)54-46(50(3,4)5)49(62)57-27-36(58)24-41(57)47(60)52-25-33-12-14-34(15-13-33)45-32(2)53-31-68-45/h11-15,22-23,26,29,31,36,41,46,58H,6,16-21,24-25,27-28,30H2,1-5,7-10H3,(H,52,60)(H,54,59)/b37-11+,38-26+/t36-,41+,46-/m0/s1. The normalized spacial score (nSPS) is 16.0. The van der Waals surface area contributed by atoms with Gasteiger partial charge in [0.05, 0.1) is 80.2 Å². The minimum Gasteiger partial charge on any atom is -0.496 e. The van der Waals surface area contributed by atoms with E-state index in [1.54, 1.807) is 38.8 Å². The van der Waals surface area contributed by atoms with Crippen LogP contribution in [0.2, 0.25) is 0 Å². The minimum atomic E-state index is -0.973. The molecule has 0 spiro atoms. The predicted molar refractivity (Wildman–Crippen MR) is 264 cm³/mol. The highest BCUT2D eigenvalue weighted by Crippen LogP contribution is 2.35. The number of rotatable bonds is 23. The van der Waals surface area contributed by atoms with Gasteiger partial charge in [-0.05, 0) is 67.1 Å². The molecule has 0 aliphatic carbocycles. The van der Waals surface area contributed by atoms with Gasteiger partial charge in [0.25, 0.3) is 5.56 Å². The Morgan fingerprint density at radius 1 is 1.01 bits per heavy atom. The number of ether oxygens (including phenoxy) is 5. The van der Waals surface area contributed by atoms with E-state index in [1.807, 2.05) is 89.7 Å². The van der Waals surface area contributed by atoms with Gasteiger partial charge in [-0.1, -0.05) is 51.1 Å². The van der Waals surface area contributed by atoms with Gasteiger partial charge in [0.1, 0.15) is 30.2 Å². The number of aliphatic hydroxyl groups excluding tert-OH is 1. The van der Waals surface area contributed by atoms with E-state index in [4.69, 9.17) is 23.7 Å². The van der Waals surface area contributed by atoms with Crippen molar-refractivity contribution in [2.45, 2.75) is 72.3 Å². The fourth-order valence-corrected chi connectivity index (χ4v) is 8.79. The van der Waals surface area contributed by atoms with E-state index in [2.05, 4.69) is 32.2 Å². The summed E-state index contributed by atoms with van der Waals surface area (Å²) in [6.45, 7) is 15.4. The number of methoxy groups -OCH3 is 2. The maximum atomic E-state index is 14.0. The molecule has 0 radical (unpaired) electrons. The average Bonchev–Trinajstić information content (AvgIpc) is 3.93. The van der Waals surface area contributed by atoms with Crippen LogP contribution in [0.4, 0.5) is 0 Å². The Hall–Kier alpha value is -5.76. The Morgan fingerprint density at radius 3 is 2.25 bits per heavy atom. The molecular weight excluding hydrogens is 891 g/mol. The Bertz CT molecular complexity index is 2530. The zero-order valence-corrected chi connectivity index (χ0v) is 41.6. The molecule has 1 fully saturated rings. The number of carbonyl (C=O) groups is 3. The molecule has 68 heavy (non-hydrogen) atoms. The molecule has 17 nitrogen and oxygen atoms in total. The van der Waals surface area contributed by atoms with E-state index >= 15 is 0 Å². The zero-order chi connectivity index (χ0) is 49.5. The fourth-order valence-electron chi connectivity index (χ4n) is 7.98. The van der Waals surface area contributed by atoms with E-state index in [1.165, 1.54) is 15.7 Å². The molecule has 2 aromatic heterocycles. The number of β-amino-alcohol motifs (C(OH)–C–C–N with tert-alkyl or cyclic N) is 1. The monoisotopic (exact) mass is 957 g/mol. The molecule has 3 amide bonds. The maximum Gasteiger partial charge on any atom is 0.259 e. The summed E-state index contributed by atoms with van der Waals surface area (Å²) < 4.78 is 30.2. The molecule has 368 valence electrons. The molecule has 3 heterocycles. The van der Waals surface area contributed by atoms with Crippen molar-refractivity contribution in [1.29, 1.82) is 0 Å². The molecule has 1 saturated heterocycles. The molecular formula is C50H67N7O10S. The van der Waals surface area contributed by atoms with Crippen molar-refractivity contribution in [3.8, 4) is 33.1 Å². The third-order valence-corrected chi connectivity index (χ3v) is 12.6. The SMILES string of the molecule is C=N/C=c1/c(=O)n(C)cc(-c2cc(OC)c(CN(C)CCOCCOCCOCC(=O)N[C@@H](C(=O)N3C[C@@H](O)C[C@@H]3C(=O)NCc3ccc(-c4scnc4C)cc3)C(C)(C)C)c(OC)c2)/c1=C/C. The summed E-state index contributed by atoms with van der Waals surface area (Å²) in [7, 11) is 6.90. The second kappa shape index (κ2) is 25.0. The quantitative estimate of drug-likeness (QED) is 0.0728. The van der Waals surface area contributed by atoms with Gasteiger partial charge in [-0.3, -0.25) is 29.1 Å². The molecule has 1 aliphatic rings. The van der Waals surface area contributed by atoms with E-state index in [0.717, 1.165) is 43.6 Å². The van der Waals surface area contributed by atoms with Crippen LogP contribution in [0.5, 0.6) is 11.5 Å². The van der Waals surface area contributed by atoms with Crippen molar-refractivity contribution >= 4 is 48.1 Å². The maximum absolute atomic E-state index is 14.0. The van der Waals surface area contributed by atoms with Crippen molar-refractivity contribution in [2.24, 2.45) is 17.5 Å². The molecule has 0 saturated carbocycles. The van der Waals surface area contributed by atoms with E-state index < -0.39 is 35.4 Å². The highest BCUT2D eigenvalue weighted by Gasteiger charge is 2.44. The summed E-state index contributed by atoms with van der Waals surface area (Å²) in [6, 6.07) is 9.86. The van der Waals surface area contributed by atoms with Crippen LogP contribution in [0, 0.1) is 12.3 Å². The van der Waals surface area contributed by atoms with Crippen LogP contribution < -0.4 is 36.1 Å². The molecule has 0 unspecified atom stereocenters. The summed E-state index contributed by atoms with van der Waals surface area (Å²) in [5.74, 6) is -0.0343. The average molecular weight is 958 g/mol. The molecule has 2 aromatic carbocycles. The third-order valence-electron chi connectivity index (χ3n) is 11.6. The lowest BCUT2D eigenvalue weighted by atomic mass is 9.85. The number of nitrogens with one attached hydrogen (secondary N) is 2. The second-order valence-corrected chi connectivity index (χ2v) is 18.6. The number of aliphatic imine (C=N–C) groups is 1. The number of amides is 3. The minimum absolute atomic E-state index is 0.0219. The van der Waals surface area contributed by atoms with Crippen LogP contribution in [-0.2, 0) is 48.7 Å². The Kier molecular flexibility index (Phi) is 19.6. The molecule has 4 aromatic rings. The number of benzene rings is 2. The topological polar surface area (TPSA) is 195 Å². The van der Waals surface area contributed by atoms with Crippen molar-refractivity contribution < 1.29 is 43.2 Å². The van der Waals surface area contributed by atoms with Gasteiger partial charge in [0.2, 0.25) is 17.7 Å². The predicted octanol–water partition coefficient (Wildman–Crippen LogP) is 3.03. The molecule has 5 rings (SSSR count). The number of nitrogens with zero attached hydrogens (tertiary/aromatic N) is 5. The lowest BCUT2D eigenvalue weighted by molar-refractivity contribution is -0.144. The zero-order valence-electron chi connectivity index (χ0n) is 40.8. The first-order valence-electron chi connectivity index (χ1n) is 22.5. The third kappa shape index (κ3) is 13.9. The number of hydrogen-bond acceptors (Lipinski definition) is 14. The van der Waals surface area contributed by atoms with Crippen LogP contribution in [0.1, 0.15) is 50.9 Å². The summed E-state index contributed by atoms with van der Waals surface area (Å²) in [5.41, 5.74) is 6.33. The van der Waals surface area contributed by atoms with Crippen molar-refractivity contribution in [3.05, 3.63) is 85.7 Å². The van der Waals surface area contributed by atoms with Crippen molar-refractivity contribution in [1.82, 2.24) is 30.0 Å². The number of aromatic nitrogens is 2. The van der Waals surface area contributed by atoms with Crippen LogP contribution >= 0.6 is 11.3 Å². The van der Waals surface area contributed by atoms with E-state index in [-0.39, 0.29) is 50.8 Å². The lowest BCUT2D eigenvalue weighted by Gasteiger charge is -2.35. The van der Waals surface area contributed by atoms with Crippen LogP contribution in [0.25, 0.3) is 33.8 Å². The summed E-state index contributed by atoms with van der Waals surface area (Å²) >= 11 is 1.57. The Morgan fingerprint density at radius 2 is 1.66 bits per heavy atom. The van der Waals surface area contributed by atoms with Gasteiger partial charge in [-0.25, -0.2) is 4.98 Å². The van der Waals surface area contributed by atoms with E-state index in [0.29, 0.717) is 49.6 Å². The van der Waals surface area contributed by atoms with Gasteiger partial charge in [-0.15, -0.1) is 11.3 Å². The number of aryl methyl sites for hydroxylation is 2. The first-order valence-corrected chi connectivity index (χ1v) is 23.4. The van der Waals surface area contributed by atoms with Gasteiger partial charge in [0, 0.05) is 57.6 Å². The number of hydrogen-bond donors (Lipinski definition) is 3. The number of thiazole rings is 1. The highest BCUT2D eigenvalue weighted by molar-refractivity contribution is 7.13. The molecule has 0 bridgehead atoms. The van der Waals surface area contributed by atoms with Crippen LogP contribution in [-0.4, -0.2) is 141 Å². The molecule has 3 N–H and O–H groups in total. The number of aliphatic hydroxyl groups is 1.